The summed E-state index contributed by atoms with van der Waals surface area (Å²) in [6, 6.07) is 11.2. The van der Waals surface area contributed by atoms with Crippen LogP contribution >= 0.6 is 23.2 Å². The van der Waals surface area contributed by atoms with E-state index in [-0.39, 0.29) is 0 Å². The molecule has 1 saturated carbocycles. The Balaban J connectivity index is 1.62. The van der Waals surface area contributed by atoms with Gasteiger partial charge in [-0.25, -0.2) is 4.98 Å². The predicted octanol–water partition coefficient (Wildman–Crippen LogP) is 6.78. The lowest BCUT2D eigenvalue weighted by atomic mass is 9.76. The number of benzene rings is 1. The van der Waals surface area contributed by atoms with Crippen LogP contribution < -0.4 is 0 Å². The zero-order valence-electron chi connectivity index (χ0n) is 13.6. The first-order chi connectivity index (χ1) is 11.2. The van der Waals surface area contributed by atoms with E-state index in [2.05, 4.69) is 36.2 Å². The van der Waals surface area contributed by atoms with Crippen LogP contribution in [0.25, 0.3) is 0 Å². The van der Waals surface area contributed by atoms with Gasteiger partial charge in [0.2, 0.25) is 0 Å². The fourth-order valence-electron chi connectivity index (χ4n) is 3.66. The number of rotatable bonds is 4. The molecule has 1 nitrogen and oxygen atoms in total. The standard InChI is InChI=1S/C20H23Cl2N/c1-2-3-14-4-6-15(7-5-14)16-8-10-17(11-9-16)18-12-19(21)20(22)23-13-18/h4-7,12-13,16-17H,2-3,8-11H2,1H3. The van der Waals surface area contributed by atoms with Gasteiger partial charge in [0.05, 0.1) is 5.02 Å². The highest BCUT2D eigenvalue weighted by Crippen LogP contribution is 2.41. The van der Waals surface area contributed by atoms with Crippen molar-refractivity contribution in [3.63, 3.8) is 0 Å². The van der Waals surface area contributed by atoms with Crippen molar-refractivity contribution >= 4 is 23.2 Å². The summed E-state index contributed by atoms with van der Waals surface area (Å²) in [4.78, 5) is 4.19. The maximum Gasteiger partial charge on any atom is 0.147 e. The van der Waals surface area contributed by atoms with Crippen LogP contribution in [0.5, 0.6) is 0 Å². The number of halogens is 2. The number of aryl methyl sites for hydroxylation is 1. The van der Waals surface area contributed by atoms with Gasteiger partial charge in [-0.05, 0) is 66.7 Å². The molecule has 23 heavy (non-hydrogen) atoms. The summed E-state index contributed by atoms with van der Waals surface area (Å²) in [6.45, 7) is 2.23. The molecule has 1 aromatic heterocycles. The van der Waals surface area contributed by atoms with Crippen LogP contribution in [0.2, 0.25) is 10.2 Å². The third-order valence-corrected chi connectivity index (χ3v) is 5.69. The Morgan fingerprint density at radius 1 is 0.957 bits per heavy atom. The summed E-state index contributed by atoms with van der Waals surface area (Å²) in [5, 5.41) is 0.967. The molecular weight excluding hydrogens is 325 g/mol. The molecule has 0 bridgehead atoms. The van der Waals surface area contributed by atoms with Crippen molar-refractivity contribution in [2.45, 2.75) is 57.3 Å². The molecule has 1 heterocycles. The highest BCUT2D eigenvalue weighted by atomic mass is 35.5. The second-order valence-electron chi connectivity index (χ2n) is 6.58. The predicted molar refractivity (Wildman–Crippen MR) is 98.6 cm³/mol. The molecule has 0 spiro atoms. The number of hydrogen-bond acceptors (Lipinski definition) is 1. The van der Waals surface area contributed by atoms with Gasteiger partial charge >= 0.3 is 0 Å². The van der Waals surface area contributed by atoms with E-state index in [9.17, 15) is 0 Å². The zero-order valence-corrected chi connectivity index (χ0v) is 15.1. The molecule has 3 rings (SSSR count). The van der Waals surface area contributed by atoms with Gasteiger partial charge < -0.3 is 0 Å². The molecule has 0 aliphatic heterocycles. The Labute approximate surface area is 149 Å². The first-order valence-corrected chi connectivity index (χ1v) is 9.32. The van der Waals surface area contributed by atoms with E-state index >= 15 is 0 Å². The SMILES string of the molecule is CCCc1ccc(C2CCC(c3cnc(Cl)c(Cl)c3)CC2)cc1. The molecule has 122 valence electrons. The van der Waals surface area contributed by atoms with Crippen molar-refractivity contribution in [3.8, 4) is 0 Å². The lowest BCUT2D eigenvalue weighted by Gasteiger charge is -2.29. The highest BCUT2D eigenvalue weighted by molar-refractivity contribution is 6.41. The van der Waals surface area contributed by atoms with Gasteiger partial charge in [-0.2, -0.15) is 0 Å². The normalized spacial score (nSPS) is 21.3. The molecule has 0 N–H and O–H groups in total. The minimum atomic E-state index is 0.399. The van der Waals surface area contributed by atoms with E-state index in [0.29, 0.717) is 22.0 Å². The summed E-state index contributed by atoms with van der Waals surface area (Å²) >= 11 is 12.0. The first kappa shape index (κ1) is 16.8. The molecule has 1 aliphatic rings. The van der Waals surface area contributed by atoms with Gasteiger partial charge in [0.15, 0.2) is 0 Å². The summed E-state index contributed by atoms with van der Waals surface area (Å²) in [7, 11) is 0. The van der Waals surface area contributed by atoms with Crippen LogP contribution in [0.1, 0.15) is 67.6 Å². The lowest BCUT2D eigenvalue weighted by Crippen LogP contribution is -2.12. The molecule has 1 aromatic carbocycles. The van der Waals surface area contributed by atoms with Crippen LogP contribution in [-0.4, -0.2) is 4.98 Å². The van der Waals surface area contributed by atoms with Gasteiger partial charge in [0.25, 0.3) is 0 Å². The van der Waals surface area contributed by atoms with Crippen LogP contribution in [-0.2, 0) is 6.42 Å². The summed E-state index contributed by atoms with van der Waals surface area (Å²) in [5.74, 6) is 1.26. The number of pyridine rings is 1. The lowest BCUT2D eigenvalue weighted by molar-refractivity contribution is 0.396. The van der Waals surface area contributed by atoms with E-state index in [4.69, 9.17) is 23.2 Å². The fraction of sp³-hybridized carbons (Fsp3) is 0.450. The molecule has 0 atom stereocenters. The second-order valence-corrected chi connectivity index (χ2v) is 7.35. The van der Waals surface area contributed by atoms with E-state index in [0.717, 1.165) is 0 Å². The van der Waals surface area contributed by atoms with Gasteiger partial charge in [-0.15, -0.1) is 0 Å². The Hall–Kier alpha value is -1.05. The van der Waals surface area contributed by atoms with Crippen LogP contribution in [0.4, 0.5) is 0 Å². The van der Waals surface area contributed by atoms with Crippen LogP contribution in [0, 0.1) is 0 Å². The Bertz CT molecular complexity index is 643. The molecule has 0 unspecified atom stereocenters. The quantitative estimate of drug-likeness (QED) is 0.555. The summed E-state index contributed by atoms with van der Waals surface area (Å²) in [6.07, 6.45) is 9.14. The van der Waals surface area contributed by atoms with Gasteiger partial charge in [-0.1, -0.05) is 60.8 Å². The number of nitrogens with zero attached hydrogens (tertiary/aromatic N) is 1. The van der Waals surface area contributed by atoms with Crippen molar-refractivity contribution in [1.29, 1.82) is 0 Å². The van der Waals surface area contributed by atoms with E-state index in [1.54, 1.807) is 0 Å². The summed E-state index contributed by atoms with van der Waals surface area (Å²) < 4.78 is 0. The monoisotopic (exact) mass is 347 g/mol. The maximum absolute atomic E-state index is 6.10. The second kappa shape index (κ2) is 7.68. The molecule has 1 fully saturated rings. The molecule has 0 amide bonds. The van der Waals surface area contributed by atoms with Crippen molar-refractivity contribution in [2.75, 3.05) is 0 Å². The molecule has 3 heteroatoms. The topological polar surface area (TPSA) is 12.9 Å². The third-order valence-electron chi connectivity index (χ3n) is 5.01. The number of hydrogen-bond donors (Lipinski definition) is 0. The maximum atomic E-state index is 6.10. The zero-order chi connectivity index (χ0) is 16.2. The minimum Gasteiger partial charge on any atom is -0.243 e. The molecule has 1 aliphatic carbocycles. The average Bonchev–Trinajstić information content (AvgIpc) is 2.59. The van der Waals surface area contributed by atoms with E-state index in [1.807, 2.05) is 12.3 Å². The molecular formula is C20H23Cl2N. The van der Waals surface area contributed by atoms with Crippen molar-refractivity contribution in [1.82, 2.24) is 4.98 Å². The fourth-order valence-corrected chi connectivity index (χ4v) is 3.94. The highest BCUT2D eigenvalue weighted by Gasteiger charge is 2.24. The molecule has 0 saturated heterocycles. The van der Waals surface area contributed by atoms with Crippen molar-refractivity contribution < 1.29 is 0 Å². The Morgan fingerprint density at radius 3 is 2.13 bits per heavy atom. The first-order valence-electron chi connectivity index (χ1n) is 8.57. The Kier molecular flexibility index (Phi) is 5.61. The van der Waals surface area contributed by atoms with E-state index < -0.39 is 0 Å². The Morgan fingerprint density at radius 2 is 1.57 bits per heavy atom. The van der Waals surface area contributed by atoms with Gasteiger partial charge in [0, 0.05) is 6.20 Å². The van der Waals surface area contributed by atoms with Crippen molar-refractivity contribution in [3.05, 3.63) is 63.4 Å². The minimum absolute atomic E-state index is 0.399. The molecule has 0 radical (unpaired) electrons. The summed E-state index contributed by atoms with van der Waals surface area (Å²) in [5.41, 5.74) is 4.18. The van der Waals surface area contributed by atoms with Crippen molar-refractivity contribution in [2.24, 2.45) is 0 Å². The van der Waals surface area contributed by atoms with Crippen LogP contribution in [0.3, 0.4) is 0 Å². The number of aromatic nitrogens is 1. The largest absolute Gasteiger partial charge is 0.243 e. The molecule has 2 aromatic rings. The smallest absolute Gasteiger partial charge is 0.147 e. The van der Waals surface area contributed by atoms with Gasteiger partial charge in [-0.3, -0.25) is 0 Å². The van der Waals surface area contributed by atoms with Gasteiger partial charge in [0.1, 0.15) is 5.15 Å². The third kappa shape index (κ3) is 4.08. The van der Waals surface area contributed by atoms with Crippen LogP contribution in [0.15, 0.2) is 36.5 Å². The van der Waals surface area contributed by atoms with E-state index in [1.165, 1.54) is 55.2 Å². The average molecular weight is 348 g/mol.